The summed E-state index contributed by atoms with van der Waals surface area (Å²) in [6, 6.07) is 7.59. The maximum atomic E-state index is 12.5. The van der Waals surface area contributed by atoms with Crippen LogP contribution in [0.15, 0.2) is 24.3 Å². The maximum absolute atomic E-state index is 12.5. The standard InChI is InChI=1S/C12H17FO.C2H6/c1-9(2)8-11-4-6-12(7-5-11)14-10(3)13;1-2/h4-7,9-10H,8H2,1-3H3;1-2H3. The van der Waals surface area contributed by atoms with Crippen LogP contribution < -0.4 is 4.74 Å². The fourth-order valence-corrected chi connectivity index (χ4v) is 1.36. The highest BCUT2D eigenvalue weighted by atomic mass is 19.1. The van der Waals surface area contributed by atoms with Gasteiger partial charge in [0.15, 0.2) is 0 Å². The van der Waals surface area contributed by atoms with Crippen molar-refractivity contribution in [2.45, 2.75) is 47.4 Å². The minimum atomic E-state index is -1.24. The molecule has 1 rings (SSSR count). The van der Waals surface area contributed by atoms with Gasteiger partial charge in [-0.05, 0) is 30.0 Å². The molecule has 0 saturated heterocycles. The highest BCUT2D eigenvalue weighted by molar-refractivity contribution is 5.27. The Morgan fingerprint density at radius 1 is 1.06 bits per heavy atom. The molecular formula is C14H23FO. The topological polar surface area (TPSA) is 9.23 Å². The van der Waals surface area contributed by atoms with E-state index in [9.17, 15) is 4.39 Å². The van der Waals surface area contributed by atoms with Crippen LogP contribution in [0.1, 0.15) is 40.2 Å². The summed E-state index contributed by atoms with van der Waals surface area (Å²) in [5.41, 5.74) is 1.26. The molecule has 16 heavy (non-hydrogen) atoms. The summed E-state index contributed by atoms with van der Waals surface area (Å²) < 4.78 is 17.4. The van der Waals surface area contributed by atoms with Crippen molar-refractivity contribution in [3.05, 3.63) is 29.8 Å². The fourth-order valence-electron chi connectivity index (χ4n) is 1.36. The third-order valence-electron chi connectivity index (χ3n) is 1.87. The van der Waals surface area contributed by atoms with E-state index in [-0.39, 0.29) is 0 Å². The third-order valence-corrected chi connectivity index (χ3v) is 1.87. The zero-order chi connectivity index (χ0) is 12.6. The number of benzene rings is 1. The van der Waals surface area contributed by atoms with E-state index >= 15 is 0 Å². The van der Waals surface area contributed by atoms with Gasteiger partial charge in [-0.15, -0.1) is 0 Å². The lowest BCUT2D eigenvalue weighted by atomic mass is 10.0. The van der Waals surface area contributed by atoms with Crippen LogP contribution in [0, 0.1) is 5.92 Å². The molecule has 0 amide bonds. The predicted molar refractivity (Wildman–Crippen MR) is 67.5 cm³/mol. The number of rotatable bonds is 4. The predicted octanol–water partition coefficient (Wildman–Crippen LogP) is 4.61. The monoisotopic (exact) mass is 226 g/mol. The second kappa shape index (κ2) is 8.14. The number of ether oxygens (including phenoxy) is 1. The molecule has 0 aliphatic heterocycles. The smallest absolute Gasteiger partial charge is 0.235 e. The zero-order valence-corrected chi connectivity index (χ0v) is 11.0. The Morgan fingerprint density at radius 3 is 1.94 bits per heavy atom. The molecular weight excluding hydrogens is 203 g/mol. The van der Waals surface area contributed by atoms with Gasteiger partial charge in [0.1, 0.15) is 5.75 Å². The Morgan fingerprint density at radius 2 is 1.56 bits per heavy atom. The molecule has 0 radical (unpaired) electrons. The summed E-state index contributed by atoms with van der Waals surface area (Å²) in [6.45, 7) is 9.73. The zero-order valence-electron chi connectivity index (χ0n) is 11.0. The molecule has 1 atom stereocenters. The van der Waals surface area contributed by atoms with E-state index in [1.54, 1.807) is 0 Å². The van der Waals surface area contributed by atoms with Gasteiger partial charge in [0.2, 0.25) is 6.36 Å². The SMILES string of the molecule is CC.CC(C)Cc1ccc(OC(C)F)cc1. The van der Waals surface area contributed by atoms with Gasteiger partial charge in [-0.2, -0.15) is 0 Å². The minimum absolute atomic E-state index is 0.590. The van der Waals surface area contributed by atoms with Crippen LogP contribution in [0.5, 0.6) is 5.75 Å². The van der Waals surface area contributed by atoms with Crippen LogP contribution in [0.4, 0.5) is 4.39 Å². The molecule has 0 heterocycles. The van der Waals surface area contributed by atoms with Gasteiger partial charge in [-0.25, -0.2) is 4.39 Å². The molecule has 0 saturated carbocycles. The van der Waals surface area contributed by atoms with E-state index in [0.717, 1.165) is 6.42 Å². The van der Waals surface area contributed by atoms with Gasteiger partial charge in [0.25, 0.3) is 0 Å². The first kappa shape index (κ1) is 14.9. The van der Waals surface area contributed by atoms with Crippen molar-refractivity contribution in [3.63, 3.8) is 0 Å². The summed E-state index contributed by atoms with van der Waals surface area (Å²) in [7, 11) is 0. The summed E-state index contributed by atoms with van der Waals surface area (Å²) in [6.07, 6.45) is -0.197. The lowest BCUT2D eigenvalue weighted by Crippen LogP contribution is -2.03. The van der Waals surface area contributed by atoms with E-state index in [0.29, 0.717) is 11.7 Å². The van der Waals surface area contributed by atoms with Crippen molar-refractivity contribution in [1.29, 1.82) is 0 Å². The highest BCUT2D eigenvalue weighted by Gasteiger charge is 2.01. The maximum Gasteiger partial charge on any atom is 0.235 e. The van der Waals surface area contributed by atoms with Gasteiger partial charge >= 0.3 is 0 Å². The largest absolute Gasteiger partial charge is 0.461 e. The molecule has 92 valence electrons. The number of hydrogen-bond donors (Lipinski definition) is 0. The second-order valence-corrected chi connectivity index (χ2v) is 3.90. The first-order valence-electron chi connectivity index (χ1n) is 5.97. The van der Waals surface area contributed by atoms with Crippen LogP contribution >= 0.6 is 0 Å². The van der Waals surface area contributed by atoms with Crippen LogP contribution in [0.25, 0.3) is 0 Å². The average Bonchev–Trinajstić information content (AvgIpc) is 2.22. The Balaban J connectivity index is 0.00000106. The van der Waals surface area contributed by atoms with E-state index in [1.807, 2.05) is 38.1 Å². The molecule has 0 bridgehead atoms. The lowest BCUT2D eigenvalue weighted by Gasteiger charge is -2.08. The molecule has 0 spiro atoms. The molecule has 0 N–H and O–H groups in total. The van der Waals surface area contributed by atoms with Gasteiger partial charge in [0, 0.05) is 6.92 Å². The first-order chi connectivity index (χ1) is 7.58. The summed E-state index contributed by atoms with van der Waals surface area (Å²) in [4.78, 5) is 0. The average molecular weight is 226 g/mol. The van der Waals surface area contributed by atoms with E-state index < -0.39 is 6.36 Å². The lowest BCUT2D eigenvalue weighted by molar-refractivity contribution is 0.0860. The Kier molecular flexibility index (Phi) is 7.61. The molecule has 2 heteroatoms. The van der Waals surface area contributed by atoms with E-state index in [2.05, 4.69) is 13.8 Å². The van der Waals surface area contributed by atoms with Crippen molar-refractivity contribution in [3.8, 4) is 5.75 Å². The third kappa shape index (κ3) is 6.44. The fraction of sp³-hybridized carbons (Fsp3) is 0.571. The van der Waals surface area contributed by atoms with E-state index in [4.69, 9.17) is 4.74 Å². The van der Waals surface area contributed by atoms with Crippen LogP contribution in [0.2, 0.25) is 0 Å². The molecule has 1 aromatic carbocycles. The summed E-state index contributed by atoms with van der Waals surface area (Å²) >= 11 is 0. The quantitative estimate of drug-likeness (QED) is 0.728. The molecule has 1 unspecified atom stereocenters. The second-order valence-electron chi connectivity index (χ2n) is 3.90. The van der Waals surface area contributed by atoms with Crippen molar-refractivity contribution in [2.75, 3.05) is 0 Å². The summed E-state index contributed by atoms with van der Waals surface area (Å²) in [5, 5.41) is 0. The Hall–Kier alpha value is -1.05. The molecule has 1 aromatic rings. The van der Waals surface area contributed by atoms with Gasteiger partial charge in [-0.1, -0.05) is 39.8 Å². The van der Waals surface area contributed by atoms with Gasteiger partial charge < -0.3 is 4.74 Å². The van der Waals surface area contributed by atoms with Crippen LogP contribution in [0.3, 0.4) is 0 Å². The van der Waals surface area contributed by atoms with Gasteiger partial charge in [0.05, 0.1) is 0 Å². The van der Waals surface area contributed by atoms with Crippen molar-refractivity contribution in [2.24, 2.45) is 5.92 Å². The van der Waals surface area contributed by atoms with Crippen LogP contribution in [-0.2, 0) is 6.42 Å². The highest BCUT2D eigenvalue weighted by Crippen LogP contribution is 2.16. The van der Waals surface area contributed by atoms with Crippen LogP contribution in [-0.4, -0.2) is 6.36 Å². The minimum Gasteiger partial charge on any atom is -0.461 e. The van der Waals surface area contributed by atoms with E-state index in [1.165, 1.54) is 12.5 Å². The number of halogens is 1. The normalized spacial score (nSPS) is 11.7. The molecule has 0 aliphatic carbocycles. The van der Waals surface area contributed by atoms with Crippen molar-refractivity contribution in [1.82, 2.24) is 0 Å². The summed E-state index contributed by atoms with van der Waals surface area (Å²) in [5.74, 6) is 1.23. The van der Waals surface area contributed by atoms with Crippen molar-refractivity contribution < 1.29 is 9.13 Å². The molecule has 0 aliphatic rings. The number of hydrogen-bond acceptors (Lipinski definition) is 1. The molecule has 0 fully saturated rings. The molecule has 0 aromatic heterocycles. The van der Waals surface area contributed by atoms with Crippen molar-refractivity contribution >= 4 is 0 Å². The first-order valence-corrected chi connectivity index (χ1v) is 5.97. The Labute approximate surface area is 98.6 Å². The number of alkyl halides is 1. The Bertz CT molecular complexity index is 236. The van der Waals surface area contributed by atoms with Gasteiger partial charge in [-0.3, -0.25) is 0 Å². The molecule has 1 nitrogen and oxygen atoms in total.